The van der Waals surface area contributed by atoms with Crippen molar-refractivity contribution in [2.45, 2.75) is 55.0 Å². The normalized spacial score (nSPS) is 22.4. The van der Waals surface area contributed by atoms with Crippen molar-refractivity contribution < 1.29 is 13.2 Å². The Labute approximate surface area is 297 Å². The van der Waals surface area contributed by atoms with Gasteiger partial charge in [0, 0.05) is 95.2 Å². The highest BCUT2D eigenvalue weighted by Gasteiger charge is 2.52. The summed E-state index contributed by atoms with van der Waals surface area (Å²) >= 11 is 0. The van der Waals surface area contributed by atoms with Crippen LogP contribution in [0.2, 0.25) is 0 Å². The molecule has 3 aromatic rings. The zero-order valence-corrected chi connectivity index (χ0v) is 30.4. The number of carbonyl (C=O) groups is 1. The van der Waals surface area contributed by atoms with E-state index in [-0.39, 0.29) is 27.3 Å². The third-order valence-electron chi connectivity index (χ3n) is 11.2. The van der Waals surface area contributed by atoms with Crippen LogP contribution in [0.1, 0.15) is 37.7 Å². The molecular formula is C38H52N8O3S. The molecule has 3 aliphatic rings. The van der Waals surface area contributed by atoms with Crippen LogP contribution in [-0.2, 0) is 21.8 Å². The minimum atomic E-state index is -3.70. The number of nitrogens with zero attached hydrogens (tertiary/aromatic N) is 6. The second-order valence-corrected chi connectivity index (χ2v) is 16.4. The first-order chi connectivity index (χ1) is 24.1. The molecule has 1 unspecified atom stereocenters. The number of urea groups is 1. The molecule has 0 radical (unpaired) electrons. The number of nitrogens with two attached hydrogens (primary N) is 1. The lowest BCUT2D eigenvalue weighted by molar-refractivity contribution is 0.0561. The third kappa shape index (κ3) is 7.32. The maximum Gasteiger partial charge on any atom is 0.317 e. The summed E-state index contributed by atoms with van der Waals surface area (Å²) in [6, 6.07) is 18.2. The van der Waals surface area contributed by atoms with E-state index in [0.717, 1.165) is 83.3 Å². The molecular weight excluding hydrogens is 649 g/mol. The van der Waals surface area contributed by atoms with Crippen LogP contribution in [-0.4, -0.2) is 99.9 Å². The highest BCUT2D eigenvalue weighted by Crippen LogP contribution is 2.51. The summed E-state index contributed by atoms with van der Waals surface area (Å²) in [6.07, 6.45) is 13.6. The number of likely N-dealkylation sites (tertiary alicyclic amines) is 1. The van der Waals surface area contributed by atoms with Crippen LogP contribution in [0.3, 0.4) is 0 Å². The van der Waals surface area contributed by atoms with Gasteiger partial charge in [-0.2, -0.15) is 0 Å². The topological polar surface area (TPSA) is 129 Å². The standard InChI is InChI=1S/C38H52N8O3S/c1-40-23-34(22-39)50(48,49)33-14-12-32(13-15-33)46-25-29(26-46)24-44-19-16-31(17-20-44)38(27-45-21-18-41-28-45,30-8-5-4-6-9-30)35-10-7-11-36(35)42-37(47)43(2)3/h4-6,8-9,12-15,18,21-23,28-29,31,35-36H,7,10-11,16-17,19-20,24-27,39H2,1-3H3,(H,42,47)/t35-,36-,38?/m0/s1. The number of nitrogens with one attached hydrogen (secondary N) is 1. The maximum atomic E-state index is 13.0. The van der Waals surface area contributed by atoms with Crippen LogP contribution in [0.15, 0.2) is 94.3 Å². The molecule has 0 spiro atoms. The molecule has 6 rings (SSSR count). The van der Waals surface area contributed by atoms with Gasteiger partial charge in [-0.1, -0.05) is 36.8 Å². The van der Waals surface area contributed by atoms with Crippen molar-refractivity contribution in [2.75, 3.05) is 58.8 Å². The van der Waals surface area contributed by atoms with Crippen LogP contribution in [0.4, 0.5) is 10.5 Å². The molecule has 3 N–H and O–H groups in total. The van der Waals surface area contributed by atoms with Crippen molar-refractivity contribution in [1.82, 2.24) is 24.7 Å². The van der Waals surface area contributed by atoms with Crippen LogP contribution in [0, 0.1) is 17.8 Å². The Morgan fingerprint density at radius 2 is 1.78 bits per heavy atom. The molecule has 3 heterocycles. The molecule has 3 fully saturated rings. The highest BCUT2D eigenvalue weighted by atomic mass is 32.2. The molecule has 268 valence electrons. The number of amides is 2. The van der Waals surface area contributed by atoms with Crippen molar-refractivity contribution in [3.8, 4) is 0 Å². The first-order valence-corrected chi connectivity index (χ1v) is 19.3. The molecule has 2 saturated heterocycles. The van der Waals surface area contributed by atoms with E-state index in [2.05, 4.69) is 66.2 Å². The zero-order valence-electron chi connectivity index (χ0n) is 29.6. The van der Waals surface area contributed by atoms with Crippen molar-refractivity contribution in [1.29, 1.82) is 0 Å². The summed E-state index contributed by atoms with van der Waals surface area (Å²) in [5.41, 5.74) is 7.81. The number of piperidine rings is 1. The summed E-state index contributed by atoms with van der Waals surface area (Å²) in [5, 5.41) is 3.42. The Kier molecular flexibility index (Phi) is 11.0. The van der Waals surface area contributed by atoms with Crippen molar-refractivity contribution >= 4 is 27.8 Å². The van der Waals surface area contributed by atoms with E-state index < -0.39 is 9.84 Å². The number of imidazole rings is 1. The number of anilines is 1. The van der Waals surface area contributed by atoms with Gasteiger partial charge in [0.15, 0.2) is 0 Å². The van der Waals surface area contributed by atoms with E-state index in [9.17, 15) is 13.2 Å². The number of hydrogen-bond acceptors (Lipinski definition) is 8. The molecule has 3 atom stereocenters. The number of aliphatic imine (C=N–C) groups is 1. The summed E-state index contributed by atoms with van der Waals surface area (Å²) in [6.45, 7) is 5.89. The smallest absolute Gasteiger partial charge is 0.317 e. The Morgan fingerprint density at radius 1 is 1.06 bits per heavy atom. The number of benzene rings is 2. The zero-order chi connectivity index (χ0) is 35.3. The van der Waals surface area contributed by atoms with E-state index >= 15 is 0 Å². The number of hydrogen-bond donors (Lipinski definition) is 2. The lowest BCUT2D eigenvalue weighted by atomic mass is 9.58. The summed E-state index contributed by atoms with van der Waals surface area (Å²) in [7, 11) is 1.45. The van der Waals surface area contributed by atoms with Gasteiger partial charge in [-0.3, -0.25) is 4.99 Å². The van der Waals surface area contributed by atoms with Crippen molar-refractivity contribution in [3.05, 3.63) is 90.0 Å². The average Bonchev–Trinajstić information content (AvgIpc) is 3.81. The summed E-state index contributed by atoms with van der Waals surface area (Å²) < 4.78 is 28.1. The van der Waals surface area contributed by atoms with Crippen molar-refractivity contribution in [3.63, 3.8) is 0 Å². The van der Waals surface area contributed by atoms with Gasteiger partial charge in [0.2, 0.25) is 9.84 Å². The molecule has 50 heavy (non-hydrogen) atoms. The molecule has 1 aromatic heterocycles. The van der Waals surface area contributed by atoms with Crippen LogP contribution in [0.25, 0.3) is 0 Å². The van der Waals surface area contributed by atoms with Gasteiger partial charge in [-0.05, 0) is 80.4 Å². The average molecular weight is 701 g/mol. The molecule has 2 amide bonds. The Morgan fingerprint density at radius 3 is 2.40 bits per heavy atom. The van der Waals surface area contributed by atoms with Crippen LogP contribution in [0.5, 0.6) is 0 Å². The van der Waals surface area contributed by atoms with Gasteiger partial charge in [0.25, 0.3) is 0 Å². The number of rotatable bonds is 12. The number of sulfone groups is 1. The first-order valence-electron chi connectivity index (χ1n) is 17.8. The lowest BCUT2D eigenvalue weighted by Gasteiger charge is -2.51. The summed E-state index contributed by atoms with van der Waals surface area (Å²) in [5.74, 6) is 1.33. The predicted octanol–water partition coefficient (Wildman–Crippen LogP) is 4.38. The van der Waals surface area contributed by atoms with Gasteiger partial charge in [0.1, 0.15) is 4.91 Å². The van der Waals surface area contributed by atoms with Crippen molar-refractivity contribution in [2.24, 2.45) is 28.5 Å². The van der Waals surface area contributed by atoms with Gasteiger partial charge >= 0.3 is 6.03 Å². The van der Waals surface area contributed by atoms with Gasteiger partial charge < -0.3 is 30.3 Å². The second kappa shape index (κ2) is 15.4. The number of carbonyl (C=O) groups excluding carboxylic acids is 1. The quantitative estimate of drug-likeness (QED) is 0.269. The summed E-state index contributed by atoms with van der Waals surface area (Å²) in [4.78, 5) is 28.0. The first kappa shape index (κ1) is 35.7. The molecule has 0 bridgehead atoms. The molecule has 12 heteroatoms. The monoisotopic (exact) mass is 700 g/mol. The number of aromatic nitrogens is 2. The largest absolute Gasteiger partial charge is 0.403 e. The van der Waals surface area contributed by atoms with E-state index in [1.165, 1.54) is 18.8 Å². The SMILES string of the molecule is CN=CC(=CN)S(=O)(=O)c1ccc(N2CC(CN3CCC(C(Cn4ccnc4)(c4ccccc4)[C@H]4CCC[C@@H]4NC(=O)N(C)C)CC3)C2)cc1. The van der Waals surface area contributed by atoms with E-state index in [1.54, 1.807) is 17.0 Å². The fraction of sp³-hybridized carbons (Fsp3) is 0.500. The fourth-order valence-corrected chi connectivity index (χ4v) is 9.94. The van der Waals surface area contributed by atoms with E-state index in [0.29, 0.717) is 17.8 Å². The Hall–Kier alpha value is -4.16. The van der Waals surface area contributed by atoms with E-state index in [4.69, 9.17) is 5.73 Å². The Balaban J connectivity index is 1.13. The molecule has 1 saturated carbocycles. The lowest BCUT2D eigenvalue weighted by Crippen LogP contribution is -2.57. The molecule has 2 aromatic carbocycles. The molecule has 11 nitrogen and oxygen atoms in total. The van der Waals surface area contributed by atoms with Gasteiger partial charge in [0.05, 0.1) is 11.2 Å². The van der Waals surface area contributed by atoms with E-state index in [1.807, 2.05) is 38.8 Å². The third-order valence-corrected chi connectivity index (χ3v) is 13.0. The van der Waals surface area contributed by atoms with Crippen LogP contribution < -0.4 is 16.0 Å². The Bertz CT molecular complexity index is 1730. The highest BCUT2D eigenvalue weighted by molar-refractivity contribution is 7.96. The van der Waals surface area contributed by atoms with Crippen LogP contribution >= 0.6 is 0 Å². The fourth-order valence-electron chi connectivity index (χ4n) is 8.75. The minimum absolute atomic E-state index is 0.0116. The molecule has 1 aliphatic carbocycles. The van der Waals surface area contributed by atoms with Gasteiger partial charge in [-0.25, -0.2) is 18.2 Å². The minimum Gasteiger partial charge on any atom is -0.403 e. The second-order valence-electron chi connectivity index (χ2n) is 14.4. The number of allylic oxidation sites excluding steroid dienone is 1. The maximum absolute atomic E-state index is 13.0. The predicted molar refractivity (Wildman–Crippen MR) is 199 cm³/mol. The molecule has 2 aliphatic heterocycles. The van der Waals surface area contributed by atoms with Gasteiger partial charge in [-0.15, -0.1) is 0 Å².